The van der Waals surface area contributed by atoms with Crippen LogP contribution in [-0.4, -0.2) is 56.7 Å². The van der Waals surface area contributed by atoms with Gasteiger partial charge in [-0.3, -0.25) is 14.3 Å². The second-order valence-corrected chi connectivity index (χ2v) is 5.85. The van der Waals surface area contributed by atoms with Crippen LogP contribution in [0, 0.1) is 0 Å². The number of carbonyl (C=O) groups excluding carboxylic acids is 2. The van der Waals surface area contributed by atoms with Gasteiger partial charge in [-0.2, -0.15) is 5.10 Å². The van der Waals surface area contributed by atoms with E-state index in [1.54, 1.807) is 11.7 Å². The number of aliphatic carboxylic acids is 1. The summed E-state index contributed by atoms with van der Waals surface area (Å²) in [4.78, 5) is 36.2. The maximum atomic E-state index is 12.7. The summed E-state index contributed by atoms with van der Waals surface area (Å²) in [5, 5.41) is 17.1. The number of aromatic nitrogens is 2. The van der Waals surface area contributed by atoms with Crippen LogP contribution in [0.15, 0.2) is 24.3 Å². The normalized spacial score (nSPS) is 12.0. The lowest BCUT2D eigenvalue weighted by Crippen LogP contribution is -2.47. The zero-order valence-corrected chi connectivity index (χ0v) is 14.5. The van der Waals surface area contributed by atoms with Gasteiger partial charge in [0, 0.05) is 32.4 Å². The zero-order valence-electron chi connectivity index (χ0n) is 14.5. The van der Waals surface area contributed by atoms with Crippen LogP contribution in [0.25, 0.3) is 10.9 Å². The molecule has 0 aliphatic heterocycles. The molecule has 0 aliphatic carbocycles. The number of benzene rings is 1. The van der Waals surface area contributed by atoms with Crippen molar-refractivity contribution in [2.45, 2.75) is 26.3 Å². The van der Waals surface area contributed by atoms with Gasteiger partial charge in [0.05, 0.1) is 17.6 Å². The van der Waals surface area contributed by atoms with E-state index in [1.165, 1.54) is 18.7 Å². The number of fused-ring (bicyclic) bond motifs is 1. The summed E-state index contributed by atoms with van der Waals surface area (Å²) in [5.74, 6) is -1.67. The monoisotopic (exact) mass is 346 g/mol. The first kappa shape index (κ1) is 18.4. The first-order valence-corrected chi connectivity index (χ1v) is 7.98. The average Bonchev–Trinajstić information content (AvgIpc) is 2.87. The maximum absolute atomic E-state index is 12.7. The van der Waals surface area contributed by atoms with Gasteiger partial charge < -0.3 is 15.3 Å². The number of carboxylic acid groups (broad SMARTS) is 1. The molecule has 1 aromatic carbocycles. The van der Waals surface area contributed by atoms with Crippen molar-refractivity contribution in [1.29, 1.82) is 0 Å². The zero-order chi connectivity index (χ0) is 18.6. The van der Waals surface area contributed by atoms with E-state index in [4.69, 9.17) is 0 Å². The second kappa shape index (κ2) is 7.78. The van der Waals surface area contributed by atoms with Crippen molar-refractivity contribution < 1.29 is 19.5 Å². The molecule has 1 aromatic heterocycles. The third-order valence-electron chi connectivity index (χ3n) is 4.02. The minimum absolute atomic E-state index is 0.000948. The molecule has 0 fully saturated rings. The molecular formula is C17H22N4O4. The van der Waals surface area contributed by atoms with Gasteiger partial charge in [0.25, 0.3) is 0 Å². The Labute approximate surface area is 145 Å². The molecule has 25 heavy (non-hydrogen) atoms. The van der Waals surface area contributed by atoms with Crippen molar-refractivity contribution in [3.63, 3.8) is 0 Å². The van der Waals surface area contributed by atoms with Crippen LogP contribution >= 0.6 is 0 Å². The van der Waals surface area contributed by atoms with Gasteiger partial charge in [0.15, 0.2) is 0 Å². The summed E-state index contributed by atoms with van der Waals surface area (Å²) < 4.78 is 1.69. The van der Waals surface area contributed by atoms with E-state index in [-0.39, 0.29) is 31.3 Å². The molecule has 0 spiro atoms. The Balaban J connectivity index is 2.20. The Kier molecular flexibility index (Phi) is 5.74. The SMILES string of the molecule is CC(=O)NCCN(C(=O)Cc1nn(C)c2ccccc12)C(C)C(=O)O. The Morgan fingerprint density at radius 2 is 2.00 bits per heavy atom. The Hall–Kier alpha value is -2.90. The van der Waals surface area contributed by atoms with Crippen molar-refractivity contribution >= 4 is 28.7 Å². The van der Waals surface area contributed by atoms with E-state index in [0.29, 0.717) is 5.69 Å². The number of amides is 2. The fourth-order valence-corrected chi connectivity index (χ4v) is 2.68. The molecule has 2 rings (SSSR count). The number of carboxylic acids is 1. The summed E-state index contributed by atoms with van der Waals surface area (Å²) >= 11 is 0. The topological polar surface area (TPSA) is 105 Å². The molecule has 134 valence electrons. The van der Waals surface area contributed by atoms with E-state index >= 15 is 0 Å². The fourth-order valence-electron chi connectivity index (χ4n) is 2.68. The number of nitrogens with zero attached hydrogens (tertiary/aromatic N) is 3. The third kappa shape index (κ3) is 4.34. The number of rotatable bonds is 7. The highest BCUT2D eigenvalue weighted by molar-refractivity contribution is 5.89. The first-order valence-electron chi connectivity index (χ1n) is 7.98. The van der Waals surface area contributed by atoms with E-state index in [1.807, 2.05) is 24.3 Å². The molecule has 1 atom stereocenters. The van der Waals surface area contributed by atoms with E-state index < -0.39 is 12.0 Å². The van der Waals surface area contributed by atoms with E-state index in [0.717, 1.165) is 10.9 Å². The smallest absolute Gasteiger partial charge is 0.326 e. The molecule has 0 radical (unpaired) electrons. The molecule has 0 saturated heterocycles. The molecule has 0 aliphatic rings. The molecule has 2 N–H and O–H groups in total. The first-order chi connectivity index (χ1) is 11.8. The van der Waals surface area contributed by atoms with Crippen LogP contribution in [0.4, 0.5) is 0 Å². The van der Waals surface area contributed by atoms with Crippen LogP contribution < -0.4 is 5.32 Å². The third-order valence-corrected chi connectivity index (χ3v) is 4.02. The number of para-hydroxylation sites is 1. The summed E-state index contributed by atoms with van der Waals surface area (Å²) in [5.41, 5.74) is 1.51. The van der Waals surface area contributed by atoms with Crippen molar-refractivity contribution in [1.82, 2.24) is 20.0 Å². The molecule has 1 heterocycles. The van der Waals surface area contributed by atoms with E-state index in [9.17, 15) is 19.5 Å². The predicted octanol–water partition coefficient (Wildman–Crippen LogP) is 0.554. The summed E-state index contributed by atoms with van der Waals surface area (Å²) in [6.45, 7) is 3.13. The van der Waals surface area contributed by atoms with Crippen molar-refractivity contribution in [3.05, 3.63) is 30.0 Å². The molecule has 8 heteroatoms. The molecular weight excluding hydrogens is 324 g/mol. The Morgan fingerprint density at radius 3 is 2.64 bits per heavy atom. The number of nitrogens with one attached hydrogen (secondary N) is 1. The standard InChI is InChI=1S/C17H22N4O4/c1-11(17(24)25)21(9-8-18-12(2)22)16(23)10-14-13-6-4-5-7-15(13)20(3)19-14/h4-7,11H,8-10H2,1-3H3,(H,18,22)(H,24,25). The molecule has 0 bridgehead atoms. The largest absolute Gasteiger partial charge is 0.480 e. The van der Waals surface area contributed by atoms with Crippen LogP contribution in [0.1, 0.15) is 19.5 Å². The summed E-state index contributed by atoms with van der Waals surface area (Å²) in [6.07, 6.45) is -0.000948. The van der Waals surface area contributed by atoms with Crippen LogP contribution in [-0.2, 0) is 27.9 Å². The molecule has 0 saturated carbocycles. The highest BCUT2D eigenvalue weighted by atomic mass is 16.4. The molecule has 1 unspecified atom stereocenters. The van der Waals surface area contributed by atoms with Gasteiger partial charge in [0.2, 0.25) is 11.8 Å². The Morgan fingerprint density at radius 1 is 1.32 bits per heavy atom. The van der Waals surface area contributed by atoms with Crippen molar-refractivity contribution in [3.8, 4) is 0 Å². The number of aryl methyl sites for hydroxylation is 1. The number of carbonyl (C=O) groups is 3. The van der Waals surface area contributed by atoms with Gasteiger partial charge in [-0.25, -0.2) is 4.79 Å². The minimum Gasteiger partial charge on any atom is -0.480 e. The number of hydrogen-bond acceptors (Lipinski definition) is 4. The van der Waals surface area contributed by atoms with Gasteiger partial charge >= 0.3 is 5.97 Å². The van der Waals surface area contributed by atoms with Crippen LogP contribution in [0.3, 0.4) is 0 Å². The average molecular weight is 346 g/mol. The van der Waals surface area contributed by atoms with Crippen LogP contribution in [0.5, 0.6) is 0 Å². The predicted molar refractivity (Wildman–Crippen MR) is 91.9 cm³/mol. The molecule has 2 amide bonds. The lowest BCUT2D eigenvalue weighted by atomic mass is 10.1. The maximum Gasteiger partial charge on any atom is 0.326 e. The fraction of sp³-hybridized carbons (Fsp3) is 0.412. The van der Waals surface area contributed by atoms with Gasteiger partial charge in [-0.1, -0.05) is 18.2 Å². The highest BCUT2D eigenvalue weighted by Crippen LogP contribution is 2.18. The molecule has 8 nitrogen and oxygen atoms in total. The summed E-state index contributed by atoms with van der Waals surface area (Å²) in [7, 11) is 1.80. The second-order valence-electron chi connectivity index (χ2n) is 5.85. The minimum atomic E-state index is -1.10. The Bertz CT molecular complexity index is 799. The summed E-state index contributed by atoms with van der Waals surface area (Å²) in [6, 6.07) is 6.56. The quantitative estimate of drug-likeness (QED) is 0.762. The number of hydrogen-bond donors (Lipinski definition) is 2. The van der Waals surface area contributed by atoms with Crippen molar-refractivity contribution in [2.75, 3.05) is 13.1 Å². The lowest BCUT2D eigenvalue weighted by Gasteiger charge is -2.26. The van der Waals surface area contributed by atoms with Gasteiger partial charge in [0.1, 0.15) is 6.04 Å². The van der Waals surface area contributed by atoms with Gasteiger partial charge in [-0.05, 0) is 13.0 Å². The van der Waals surface area contributed by atoms with E-state index in [2.05, 4.69) is 10.4 Å². The van der Waals surface area contributed by atoms with Gasteiger partial charge in [-0.15, -0.1) is 0 Å². The lowest BCUT2D eigenvalue weighted by molar-refractivity contribution is -0.149. The highest BCUT2D eigenvalue weighted by Gasteiger charge is 2.26. The van der Waals surface area contributed by atoms with Crippen molar-refractivity contribution in [2.24, 2.45) is 7.05 Å². The molecule has 2 aromatic rings. The van der Waals surface area contributed by atoms with Crippen LogP contribution in [0.2, 0.25) is 0 Å².